The van der Waals surface area contributed by atoms with E-state index < -0.39 is 17.9 Å². The summed E-state index contributed by atoms with van der Waals surface area (Å²) in [6, 6.07) is 6.59. The van der Waals surface area contributed by atoms with Gasteiger partial charge in [-0.2, -0.15) is 10.2 Å². The summed E-state index contributed by atoms with van der Waals surface area (Å²) in [5.74, 6) is -1.42. The van der Waals surface area contributed by atoms with Crippen LogP contribution >= 0.6 is 11.6 Å². The number of halogens is 1. The van der Waals surface area contributed by atoms with Gasteiger partial charge in [-0.1, -0.05) is 23.7 Å². The fraction of sp³-hybridized carbons (Fsp3) is 0.176. The molecule has 1 amide bonds. The van der Waals surface area contributed by atoms with Crippen molar-refractivity contribution in [3.8, 4) is 0 Å². The lowest BCUT2D eigenvalue weighted by molar-refractivity contribution is -0.140. The smallest absolute Gasteiger partial charge is 0.328 e. The molecule has 2 N–H and O–H groups in total. The summed E-state index contributed by atoms with van der Waals surface area (Å²) >= 11 is 5.97. The maximum Gasteiger partial charge on any atom is 0.328 e. The summed E-state index contributed by atoms with van der Waals surface area (Å²) in [6.07, 6.45) is 5.95. The van der Waals surface area contributed by atoms with Crippen molar-refractivity contribution in [3.05, 3.63) is 65.2 Å². The Morgan fingerprint density at radius 3 is 2.81 bits per heavy atom. The lowest BCUT2D eigenvalue weighted by atomic mass is 10.2. The molecular weight excluding hydrogens is 358 g/mol. The molecule has 1 aromatic carbocycles. The molecule has 0 aliphatic heterocycles. The number of nitrogens with zero attached hydrogens (tertiary/aromatic N) is 4. The first kappa shape index (κ1) is 17.7. The molecule has 1 unspecified atom stereocenters. The van der Waals surface area contributed by atoms with Gasteiger partial charge in [0.2, 0.25) is 0 Å². The number of rotatable bonds is 6. The van der Waals surface area contributed by atoms with Crippen LogP contribution in [-0.4, -0.2) is 36.5 Å². The Kier molecular flexibility index (Phi) is 5.04. The number of nitrogens with one attached hydrogen (secondary N) is 1. The number of carboxylic acids is 1. The molecule has 3 rings (SSSR count). The second-order valence-corrected chi connectivity index (χ2v) is 6.17. The first-order valence-corrected chi connectivity index (χ1v) is 8.15. The lowest BCUT2D eigenvalue weighted by Gasteiger charge is -2.05. The Hall–Kier alpha value is -3.13. The third kappa shape index (κ3) is 4.09. The molecule has 0 spiro atoms. The zero-order chi connectivity index (χ0) is 18.7. The number of aromatic nitrogens is 4. The Morgan fingerprint density at radius 1 is 1.27 bits per heavy atom. The molecule has 0 radical (unpaired) electrons. The fourth-order valence-electron chi connectivity index (χ4n) is 2.32. The number of amides is 1. The van der Waals surface area contributed by atoms with Crippen molar-refractivity contribution >= 4 is 29.2 Å². The van der Waals surface area contributed by atoms with E-state index in [4.69, 9.17) is 16.7 Å². The number of aliphatic carboxylic acids is 1. The molecule has 0 saturated carbocycles. The molecule has 26 heavy (non-hydrogen) atoms. The average molecular weight is 374 g/mol. The van der Waals surface area contributed by atoms with E-state index in [1.165, 1.54) is 30.2 Å². The van der Waals surface area contributed by atoms with E-state index in [-0.39, 0.29) is 5.56 Å². The second kappa shape index (κ2) is 7.40. The van der Waals surface area contributed by atoms with Gasteiger partial charge in [0.15, 0.2) is 0 Å². The third-order valence-electron chi connectivity index (χ3n) is 3.74. The Labute approximate surface area is 154 Å². The highest BCUT2D eigenvalue weighted by Crippen LogP contribution is 2.14. The van der Waals surface area contributed by atoms with Gasteiger partial charge in [-0.25, -0.2) is 4.79 Å². The summed E-state index contributed by atoms with van der Waals surface area (Å²) in [5, 5.41) is 20.5. The highest BCUT2D eigenvalue weighted by molar-refractivity contribution is 6.30. The summed E-state index contributed by atoms with van der Waals surface area (Å²) in [4.78, 5) is 23.2. The molecule has 2 heterocycles. The predicted octanol–water partition coefficient (Wildman–Crippen LogP) is 2.68. The molecule has 0 aliphatic carbocycles. The monoisotopic (exact) mass is 373 g/mol. The summed E-state index contributed by atoms with van der Waals surface area (Å²) in [6.45, 7) is 2.00. The number of hydrogen-bond acceptors (Lipinski definition) is 4. The maximum atomic E-state index is 12.3. The number of anilines is 1. The van der Waals surface area contributed by atoms with Crippen molar-refractivity contribution in [2.45, 2.75) is 19.5 Å². The molecule has 134 valence electrons. The number of carbonyl (C=O) groups is 2. The first-order valence-electron chi connectivity index (χ1n) is 7.77. The predicted molar refractivity (Wildman–Crippen MR) is 95.3 cm³/mol. The number of hydrogen-bond donors (Lipinski definition) is 2. The van der Waals surface area contributed by atoms with Crippen LogP contribution in [0.5, 0.6) is 0 Å². The van der Waals surface area contributed by atoms with Crippen LogP contribution in [-0.2, 0) is 11.3 Å². The lowest BCUT2D eigenvalue weighted by Crippen LogP contribution is -2.16. The Bertz CT molecular complexity index is 949. The first-order chi connectivity index (χ1) is 12.4. The maximum absolute atomic E-state index is 12.3. The van der Waals surface area contributed by atoms with Gasteiger partial charge in [-0.3, -0.25) is 14.2 Å². The summed E-state index contributed by atoms with van der Waals surface area (Å²) in [5.41, 5.74) is 1.78. The minimum absolute atomic E-state index is 0.265. The molecule has 0 bridgehead atoms. The zero-order valence-corrected chi connectivity index (χ0v) is 14.6. The zero-order valence-electron chi connectivity index (χ0n) is 13.8. The minimum atomic E-state index is -1.03. The number of carboxylic acid groups (broad SMARTS) is 1. The fourth-order valence-corrected chi connectivity index (χ4v) is 2.53. The Balaban J connectivity index is 1.65. The van der Waals surface area contributed by atoms with Gasteiger partial charge >= 0.3 is 5.97 Å². The van der Waals surface area contributed by atoms with E-state index in [9.17, 15) is 9.59 Å². The van der Waals surface area contributed by atoms with Crippen molar-refractivity contribution in [2.75, 3.05) is 5.32 Å². The van der Waals surface area contributed by atoms with Gasteiger partial charge < -0.3 is 10.4 Å². The van der Waals surface area contributed by atoms with Crippen LogP contribution in [0.25, 0.3) is 0 Å². The van der Waals surface area contributed by atoms with Crippen molar-refractivity contribution < 1.29 is 14.7 Å². The van der Waals surface area contributed by atoms with Crippen LogP contribution in [0.15, 0.2) is 49.1 Å². The van der Waals surface area contributed by atoms with Crippen molar-refractivity contribution in [1.82, 2.24) is 19.6 Å². The SMILES string of the molecule is CC(C(=O)O)n1cc(C(=O)Nc2cnn(Cc3cccc(Cl)c3)c2)cn1. The Morgan fingerprint density at radius 2 is 2.08 bits per heavy atom. The topological polar surface area (TPSA) is 102 Å². The van der Waals surface area contributed by atoms with Crippen molar-refractivity contribution in [2.24, 2.45) is 0 Å². The molecule has 0 saturated heterocycles. The van der Waals surface area contributed by atoms with Gasteiger partial charge in [0.25, 0.3) is 5.91 Å². The molecule has 0 fully saturated rings. The molecule has 8 nitrogen and oxygen atoms in total. The highest BCUT2D eigenvalue weighted by Gasteiger charge is 2.17. The quantitative estimate of drug-likeness (QED) is 0.691. The van der Waals surface area contributed by atoms with E-state index >= 15 is 0 Å². The van der Waals surface area contributed by atoms with E-state index in [0.29, 0.717) is 17.3 Å². The van der Waals surface area contributed by atoms with E-state index in [1.54, 1.807) is 16.9 Å². The number of carbonyl (C=O) groups excluding carboxylic acids is 1. The van der Waals surface area contributed by atoms with Gasteiger partial charge in [0.1, 0.15) is 6.04 Å². The molecule has 9 heteroatoms. The minimum Gasteiger partial charge on any atom is -0.480 e. The second-order valence-electron chi connectivity index (χ2n) is 5.73. The molecule has 1 atom stereocenters. The van der Waals surface area contributed by atoms with Gasteiger partial charge in [0.05, 0.1) is 30.2 Å². The molecular formula is C17H16ClN5O3. The molecule has 2 aromatic heterocycles. The average Bonchev–Trinajstić information content (AvgIpc) is 3.24. The number of benzene rings is 1. The third-order valence-corrected chi connectivity index (χ3v) is 3.98. The highest BCUT2D eigenvalue weighted by atomic mass is 35.5. The molecule has 0 aliphatic rings. The van der Waals surface area contributed by atoms with Gasteiger partial charge in [0, 0.05) is 17.4 Å². The largest absolute Gasteiger partial charge is 0.480 e. The molecule has 3 aromatic rings. The summed E-state index contributed by atoms with van der Waals surface area (Å²) < 4.78 is 2.90. The van der Waals surface area contributed by atoms with Crippen LogP contribution in [0.4, 0.5) is 5.69 Å². The van der Waals surface area contributed by atoms with Crippen LogP contribution in [0.1, 0.15) is 28.9 Å². The van der Waals surface area contributed by atoms with Crippen LogP contribution in [0, 0.1) is 0 Å². The van der Waals surface area contributed by atoms with E-state index in [0.717, 1.165) is 5.56 Å². The normalized spacial score (nSPS) is 11.9. The van der Waals surface area contributed by atoms with Crippen molar-refractivity contribution in [3.63, 3.8) is 0 Å². The van der Waals surface area contributed by atoms with Crippen LogP contribution in [0.2, 0.25) is 5.02 Å². The van der Waals surface area contributed by atoms with E-state index in [1.807, 2.05) is 18.2 Å². The summed E-state index contributed by atoms with van der Waals surface area (Å²) in [7, 11) is 0. The standard InChI is InChI=1S/C17H16ClN5O3/c1-11(17(25)26)23-9-13(6-20-23)16(24)21-15-7-19-22(10-15)8-12-3-2-4-14(18)5-12/h2-7,9-11H,8H2,1H3,(H,21,24)(H,25,26). The van der Waals surface area contributed by atoms with Crippen LogP contribution in [0.3, 0.4) is 0 Å². The van der Waals surface area contributed by atoms with Crippen molar-refractivity contribution in [1.29, 1.82) is 0 Å². The van der Waals surface area contributed by atoms with Crippen LogP contribution < -0.4 is 5.32 Å². The van der Waals surface area contributed by atoms with E-state index in [2.05, 4.69) is 15.5 Å². The van der Waals surface area contributed by atoms with Gasteiger partial charge in [-0.05, 0) is 24.6 Å². The van der Waals surface area contributed by atoms with Gasteiger partial charge in [-0.15, -0.1) is 0 Å².